The molecule has 1 aliphatic rings. The van der Waals surface area contributed by atoms with Gasteiger partial charge in [-0.05, 0) is 31.4 Å². The predicted octanol–water partition coefficient (Wildman–Crippen LogP) is 2.24. The maximum atomic E-state index is 12.2. The molecule has 0 aliphatic heterocycles. The summed E-state index contributed by atoms with van der Waals surface area (Å²) in [6.45, 7) is 1.96. The van der Waals surface area contributed by atoms with E-state index in [1.807, 2.05) is 13.0 Å². The molecular formula is C14H21N3O. The Morgan fingerprint density at radius 3 is 2.89 bits per heavy atom. The van der Waals surface area contributed by atoms with Crippen molar-refractivity contribution >= 4 is 11.6 Å². The van der Waals surface area contributed by atoms with Gasteiger partial charge in [0.1, 0.15) is 0 Å². The van der Waals surface area contributed by atoms with E-state index < -0.39 is 0 Å². The maximum Gasteiger partial charge on any atom is 0.229 e. The molecule has 3 N–H and O–H groups in total. The fourth-order valence-corrected chi connectivity index (χ4v) is 2.52. The lowest BCUT2D eigenvalue weighted by Gasteiger charge is -2.20. The van der Waals surface area contributed by atoms with Gasteiger partial charge in [0.15, 0.2) is 0 Å². The van der Waals surface area contributed by atoms with E-state index in [4.69, 9.17) is 5.73 Å². The smallest absolute Gasteiger partial charge is 0.229 e. The van der Waals surface area contributed by atoms with Crippen LogP contribution in [0.3, 0.4) is 0 Å². The number of carbonyl (C=O) groups is 1. The highest BCUT2D eigenvalue weighted by atomic mass is 16.1. The van der Waals surface area contributed by atoms with Crippen LogP contribution in [-0.4, -0.2) is 16.9 Å². The highest BCUT2D eigenvalue weighted by Gasteiger charge is 2.26. The number of nitrogens with two attached hydrogens (primary N) is 1. The average Bonchev–Trinajstić information content (AvgIpc) is 2.54. The first kappa shape index (κ1) is 13.0. The molecule has 4 heteroatoms. The summed E-state index contributed by atoms with van der Waals surface area (Å²) in [7, 11) is 0. The molecule has 98 valence electrons. The van der Waals surface area contributed by atoms with Crippen LogP contribution in [0, 0.1) is 12.8 Å². The van der Waals surface area contributed by atoms with Crippen LogP contribution < -0.4 is 11.1 Å². The summed E-state index contributed by atoms with van der Waals surface area (Å²) in [5, 5.41) is 2.93. The topological polar surface area (TPSA) is 68.0 Å². The van der Waals surface area contributed by atoms with Crippen LogP contribution in [0.25, 0.3) is 0 Å². The first-order valence-electron chi connectivity index (χ1n) is 6.65. The van der Waals surface area contributed by atoms with Crippen molar-refractivity contribution in [3.05, 3.63) is 24.0 Å². The minimum Gasteiger partial charge on any atom is -0.327 e. The van der Waals surface area contributed by atoms with Gasteiger partial charge in [0.25, 0.3) is 0 Å². The average molecular weight is 247 g/mol. The Balaban J connectivity index is 2.02. The monoisotopic (exact) mass is 247 g/mol. The molecule has 4 nitrogen and oxygen atoms in total. The lowest BCUT2D eigenvalue weighted by Crippen LogP contribution is -2.37. The zero-order valence-corrected chi connectivity index (χ0v) is 10.9. The number of anilines is 1. The van der Waals surface area contributed by atoms with Crippen LogP contribution in [0.1, 0.15) is 37.7 Å². The largest absolute Gasteiger partial charge is 0.327 e. The Kier molecular flexibility index (Phi) is 4.31. The molecule has 2 rings (SSSR count). The number of aryl methyl sites for hydroxylation is 1. The second kappa shape index (κ2) is 5.96. The molecule has 0 spiro atoms. The van der Waals surface area contributed by atoms with Crippen molar-refractivity contribution in [2.75, 3.05) is 5.32 Å². The molecule has 2 atom stereocenters. The van der Waals surface area contributed by atoms with E-state index in [-0.39, 0.29) is 17.9 Å². The van der Waals surface area contributed by atoms with Crippen LogP contribution in [0.15, 0.2) is 18.5 Å². The number of nitrogens with one attached hydrogen (secondary N) is 1. The molecule has 18 heavy (non-hydrogen) atoms. The number of amides is 1. The summed E-state index contributed by atoms with van der Waals surface area (Å²) >= 11 is 0. The molecular weight excluding hydrogens is 226 g/mol. The van der Waals surface area contributed by atoms with E-state index >= 15 is 0 Å². The van der Waals surface area contributed by atoms with Crippen LogP contribution in [0.4, 0.5) is 5.69 Å². The lowest BCUT2D eigenvalue weighted by atomic mass is 9.94. The number of carbonyl (C=O) groups excluding carboxylic acids is 1. The molecule has 1 aromatic heterocycles. The van der Waals surface area contributed by atoms with Crippen LogP contribution in [0.2, 0.25) is 0 Å². The molecule has 0 saturated heterocycles. The van der Waals surface area contributed by atoms with Crippen molar-refractivity contribution in [2.24, 2.45) is 11.7 Å². The molecule has 1 heterocycles. The van der Waals surface area contributed by atoms with E-state index in [9.17, 15) is 4.79 Å². The van der Waals surface area contributed by atoms with Gasteiger partial charge in [0, 0.05) is 12.2 Å². The van der Waals surface area contributed by atoms with E-state index in [1.165, 1.54) is 6.42 Å². The number of nitrogens with zero attached hydrogens (tertiary/aromatic N) is 1. The van der Waals surface area contributed by atoms with E-state index in [1.54, 1.807) is 12.4 Å². The number of hydrogen-bond acceptors (Lipinski definition) is 3. The van der Waals surface area contributed by atoms with Gasteiger partial charge in [-0.1, -0.05) is 19.3 Å². The Bertz CT molecular complexity index is 419. The van der Waals surface area contributed by atoms with Crippen molar-refractivity contribution in [1.29, 1.82) is 0 Å². The van der Waals surface area contributed by atoms with Crippen molar-refractivity contribution in [2.45, 2.75) is 45.1 Å². The summed E-state index contributed by atoms with van der Waals surface area (Å²) in [4.78, 5) is 16.3. The Morgan fingerprint density at radius 1 is 1.33 bits per heavy atom. The van der Waals surface area contributed by atoms with Crippen molar-refractivity contribution < 1.29 is 4.79 Å². The molecule has 0 aromatic carbocycles. The molecule has 1 saturated carbocycles. The summed E-state index contributed by atoms with van der Waals surface area (Å²) in [5.41, 5.74) is 7.89. The number of hydrogen-bond donors (Lipinski definition) is 2. The fourth-order valence-electron chi connectivity index (χ4n) is 2.52. The second-order valence-corrected chi connectivity index (χ2v) is 5.15. The third kappa shape index (κ3) is 3.29. The minimum atomic E-state index is -0.0620. The maximum absolute atomic E-state index is 12.2. The lowest BCUT2D eigenvalue weighted by molar-refractivity contribution is -0.120. The quantitative estimate of drug-likeness (QED) is 0.787. The van der Waals surface area contributed by atoms with Gasteiger partial charge in [-0.3, -0.25) is 9.78 Å². The highest BCUT2D eigenvalue weighted by molar-refractivity contribution is 5.92. The Morgan fingerprint density at radius 2 is 2.11 bits per heavy atom. The number of pyridine rings is 1. The summed E-state index contributed by atoms with van der Waals surface area (Å²) in [5.74, 6) is -0.0233. The SMILES string of the molecule is Cc1cncc(NC(=O)C2CCCCCC2N)c1. The normalized spacial score (nSPS) is 24.3. The third-order valence-electron chi connectivity index (χ3n) is 3.55. The second-order valence-electron chi connectivity index (χ2n) is 5.15. The predicted molar refractivity (Wildman–Crippen MR) is 72.2 cm³/mol. The van der Waals surface area contributed by atoms with Gasteiger partial charge < -0.3 is 11.1 Å². The number of rotatable bonds is 2. The molecule has 1 fully saturated rings. The van der Waals surface area contributed by atoms with Gasteiger partial charge in [0.05, 0.1) is 17.8 Å². The Labute approximate surface area is 108 Å². The third-order valence-corrected chi connectivity index (χ3v) is 3.55. The van der Waals surface area contributed by atoms with E-state index in [2.05, 4.69) is 10.3 Å². The van der Waals surface area contributed by atoms with Crippen LogP contribution in [-0.2, 0) is 4.79 Å². The van der Waals surface area contributed by atoms with Crippen LogP contribution in [0.5, 0.6) is 0 Å². The van der Waals surface area contributed by atoms with Gasteiger partial charge in [-0.15, -0.1) is 0 Å². The zero-order valence-electron chi connectivity index (χ0n) is 10.9. The molecule has 1 aliphatic carbocycles. The highest BCUT2D eigenvalue weighted by Crippen LogP contribution is 2.23. The Hall–Kier alpha value is -1.42. The first-order valence-corrected chi connectivity index (χ1v) is 6.65. The zero-order chi connectivity index (χ0) is 13.0. The molecule has 1 aromatic rings. The van der Waals surface area contributed by atoms with Gasteiger partial charge in [0.2, 0.25) is 5.91 Å². The summed E-state index contributed by atoms with van der Waals surface area (Å²) in [6, 6.07) is 1.91. The molecule has 2 unspecified atom stereocenters. The summed E-state index contributed by atoms with van der Waals surface area (Å²) < 4.78 is 0. The summed E-state index contributed by atoms with van der Waals surface area (Å²) in [6.07, 6.45) is 8.70. The standard InChI is InChI=1S/C14H21N3O/c1-10-7-11(9-16-8-10)17-14(18)12-5-3-2-4-6-13(12)15/h7-9,12-13H,2-6,15H2,1H3,(H,17,18). The number of aromatic nitrogens is 1. The van der Waals surface area contributed by atoms with E-state index in [0.717, 1.165) is 36.9 Å². The first-order chi connectivity index (χ1) is 8.66. The van der Waals surface area contributed by atoms with Crippen LogP contribution >= 0.6 is 0 Å². The van der Waals surface area contributed by atoms with Crippen molar-refractivity contribution in [1.82, 2.24) is 4.98 Å². The van der Waals surface area contributed by atoms with Gasteiger partial charge in [-0.25, -0.2) is 0 Å². The van der Waals surface area contributed by atoms with Gasteiger partial charge in [-0.2, -0.15) is 0 Å². The molecule has 0 radical (unpaired) electrons. The minimum absolute atomic E-state index is 0.00901. The van der Waals surface area contributed by atoms with E-state index in [0.29, 0.717) is 0 Å². The van der Waals surface area contributed by atoms with Crippen molar-refractivity contribution in [3.63, 3.8) is 0 Å². The van der Waals surface area contributed by atoms with Gasteiger partial charge >= 0.3 is 0 Å². The molecule has 1 amide bonds. The van der Waals surface area contributed by atoms with Crippen molar-refractivity contribution in [3.8, 4) is 0 Å². The fraction of sp³-hybridized carbons (Fsp3) is 0.571. The molecule has 0 bridgehead atoms.